The number of carbonyl (C=O) groups is 10. The van der Waals surface area contributed by atoms with E-state index in [2.05, 4.69) is 23.3 Å². The number of primary sulfonamides is 3. The van der Waals surface area contributed by atoms with Crippen LogP contribution in [-0.4, -0.2) is 277 Å². The zero-order chi connectivity index (χ0) is 85.5. The summed E-state index contributed by atoms with van der Waals surface area (Å²) in [5, 5.41) is 31.8. The first-order valence-electron chi connectivity index (χ1n) is 39.4. The number of sulfonamides is 3. The number of aliphatic carboxylic acids is 1. The number of carbonyl (C=O) groups excluding carboxylic acids is 9. The van der Waals surface area contributed by atoms with Crippen molar-refractivity contribution < 1.29 is 78.3 Å². The van der Waals surface area contributed by atoms with Crippen LogP contribution < -0.4 is 43.3 Å². The second-order valence-corrected chi connectivity index (χ2v) is 34.1. The van der Waals surface area contributed by atoms with Crippen LogP contribution in [0.15, 0.2) is 148 Å². The molecule has 1 atom stereocenters. The van der Waals surface area contributed by atoms with E-state index in [4.69, 9.17) is 32.6 Å². The fourth-order valence-corrected chi connectivity index (χ4v) is 14.9. The second kappa shape index (κ2) is 49.8. The van der Waals surface area contributed by atoms with Gasteiger partial charge in [0.2, 0.25) is 83.2 Å². The Hall–Kier alpha value is -9.28. The molecule has 642 valence electrons. The van der Waals surface area contributed by atoms with Gasteiger partial charge in [-0.25, -0.2) is 45.5 Å². The summed E-state index contributed by atoms with van der Waals surface area (Å²) in [4.78, 5) is 156. The molecule has 5 aromatic carbocycles. The highest BCUT2D eigenvalue weighted by Crippen LogP contribution is 2.20. The molecule has 0 radical (unpaired) electrons. The fourth-order valence-electron chi connectivity index (χ4n) is 13.1. The quantitative estimate of drug-likeness (QED) is 0.0190. The number of nitrogens with zero attached hydrogens (tertiary/aromatic N) is 8. The lowest BCUT2D eigenvalue weighted by Gasteiger charge is -2.33. The molecular formula is C80H116N16O17S4. The highest BCUT2D eigenvalue weighted by molar-refractivity contribution is 7.89. The molecule has 1 fully saturated rings. The molecule has 1 unspecified atom stereocenters. The van der Waals surface area contributed by atoms with Crippen molar-refractivity contribution in [2.75, 3.05) is 137 Å². The largest absolute Gasteiger partial charge is 0.480 e. The van der Waals surface area contributed by atoms with Gasteiger partial charge in [-0.1, -0.05) is 116 Å². The molecule has 1 saturated carbocycles. The molecule has 0 saturated heterocycles. The van der Waals surface area contributed by atoms with Gasteiger partial charge in [0, 0.05) is 58.4 Å². The van der Waals surface area contributed by atoms with Gasteiger partial charge < -0.3 is 72.1 Å². The number of amides is 9. The zero-order valence-electron chi connectivity index (χ0n) is 66.4. The molecule has 1 aliphatic rings. The minimum absolute atomic E-state index is 0.00173. The van der Waals surface area contributed by atoms with E-state index in [9.17, 15) is 54.3 Å². The molecule has 1 aliphatic carbocycles. The number of carboxylic acids is 1. The Morgan fingerprint density at radius 1 is 0.368 bits per heavy atom. The maximum absolute atomic E-state index is 15.6. The molecule has 6 rings (SSSR count). The number of rotatable bonds is 53. The van der Waals surface area contributed by atoms with Gasteiger partial charge in [-0.2, -0.15) is 12.6 Å². The van der Waals surface area contributed by atoms with Crippen LogP contribution in [0.5, 0.6) is 0 Å². The lowest BCUT2D eigenvalue weighted by atomic mass is 9.95. The molecule has 117 heavy (non-hydrogen) atoms. The number of hydrogen-bond donors (Lipinski definition) is 10. The summed E-state index contributed by atoms with van der Waals surface area (Å²) in [6, 6.07) is 33.7. The third kappa shape index (κ3) is 35.1. The Labute approximate surface area is 692 Å². The summed E-state index contributed by atoms with van der Waals surface area (Å²) in [5.74, 6) is -7.33. The van der Waals surface area contributed by atoms with Crippen molar-refractivity contribution in [1.82, 2.24) is 49.8 Å². The van der Waals surface area contributed by atoms with Gasteiger partial charge >= 0.3 is 5.97 Å². The molecule has 0 aromatic heterocycles. The standard InChI is InChI=1S/C80H116N16O17S4/c81-40-10-13-43-89(53-71(97)88-70(39-51-114)80(106)107)73(99)54-90(44-14-11-41-82)74(100)57-93(47-34-61-16-4-1-5-17-61)78(104)60-96(50-38-65-26-32-69(33-27-65)117(86,112)113)79(105)59-94(48-35-62-18-6-2-7-19-62)76(102)55-91(45-15-12-42-83)75(101)58-95(49-37-64-24-30-68(31-25-64)116(85,110)111)77(103)56-92(72(98)52-87-66-20-8-3-9-21-66)46-36-63-22-28-67(29-23-63)115(84,108)109/h1-2,4-7,16-19,22-33,66,70,87,114H,3,8-15,20-21,34-60,81-83H2,(H,88,97)(H,106,107)(H2,84,108,109)(H2,85,110,111)(H2,86,112,113). The van der Waals surface area contributed by atoms with Crippen molar-refractivity contribution in [1.29, 1.82) is 0 Å². The van der Waals surface area contributed by atoms with Crippen molar-refractivity contribution in [3.63, 3.8) is 0 Å². The maximum Gasteiger partial charge on any atom is 0.326 e. The van der Waals surface area contributed by atoms with Crippen LogP contribution in [0.3, 0.4) is 0 Å². The first-order chi connectivity index (χ1) is 55.8. The maximum atomic E-state index is 15.6. The summed E-state index contributed by atoms with van der Waals surface area (Å²) in [7, 11) is -12.3. The molecule has 0 heterocycles. The minimum atomic E-state index is -4.14. The monoisotopic (exact) mass is 1700 g/mol. The number of hydrogen-bond acceptors (Lipinski definition) is 21. The van der Waals surface area contributed by atoms with Crippen LogP contribution in [0.25, 0.3) is 0 Å². The highest BCUT2D eigenvalue weighted by Gasteiger charge is 2.33. The van der Waals surface area contributed by atoms with Crippen LogP contribution in [0, 0.1) is 0 Å². The van der Waals surface area contributed by atoms with Crippen LogP contribution in [0.2, 0.25) is 0 Å². The van der Waals surface area contributed by atoms with E-state index in [1.165, 1.54) is 99.9 Å². The van der Waals surface area contributed by atoms with Gasteiger partial charge in [-0.3, -0.25) is 43.2 Å². The van der Waals surface area contributed by atoms with Gasteiger partial charge in [0.25, 0.3) is 0 Å². The second-order valence-electron chi connectivity index (χ2n) is 29.0. The third-order valence-electron chi connectivity index (χ3n) is 20.1. The van der Waals surface area contributed by atoms with E-state index >= 15 is 24.0 Å². The minimum Gasteiger partial charge on any atom is -0.480 e. The number of nitrogens with two attached hydrogens (primary N) is 6. The van der Waals surface area contributed by atoms with E-state index in [1.807, 2.05) is 24.3 Å². The average Bonchev–Trinajstić information content (AvgIpc) is 0.859. The van der Waals surface area contributed by atoms with Gasteiger partial charge in [-0.05, 0) is 179 Å². The van der Waals surface area contributed by atoms with Crippen molar-refractivity contribution >= 4 is 102 Å². The lowest BCUT2D eigenvalue weighted by Crippen LogP contribution is -2.53. The average molecular weight is 1700 g/mol. The summed E-state index contributed by atoms with van der Waals surface area (Å²) < 4.78 is 73.6. The molecule has 37 heteroatoms. The Kier molecular flexibility index (Phi) is 41.1. The van der Waals surface area contributed by atoms with Crippen LogP contribution in [0.1, 0.15) is 105 Å². The molecule has 0 aliphatic heterocycles. The predicted octanol–water partition coefficient (Wildman–Crippen LogP) is 0.799. The third-order valence-corrected chi connectivity index (χ3v) is 23.1. The fraction of sp³-hybridized carbons (Fsp3) is 0.500. The molecular weight excluding hydrogens is 1590 g/mol. The molecule has 15 N–H and O–H groups in total. The normalized spacial score (nSPS) is 12.7. The van der Waals surface area contributed by atoms with Crippen molar-refractivity contribution in [3.8, 4) is 0 Å². The number of carboxylic acid groups (broad SMARTS) is 1. The number of benzene rings is 5. The smallest absolute Gasteiger partial charge is 0.326 e. The molecule has 5 aromatic rings. The van der Waals surface area contributed by atoms with E-state index < -0.39 is 148 Å². The van der Waals surface area contributed by atoms with Crippen molar-refractivity contribution in [2.45, 2.75) is 136 Å². The van der Waals surface area contributed by atoms with Crippen LogP contribution in [-0.2, 0) is 110 Å². The number of nitrogens with one attached hydrogen (secondary N) is 2. The topological polar surface area (TPSA) is 499 Å². The molecule has 0 bridgehead atoms. The van der Waals surface area contributed by atoms with E-state index in [1.54, 1.807) is 48.5 Å². The van der Waals surface area contributed by atoms with Crippen molar-refractivity contribution in [3.05, 3.63) is 161 Å². The Bertz CT molecular complexity index is 4380. The van der Waals surface area contributed by atoms with Gasteiger partial charge in [0.15, 0.2) is 0 Å². The van der Waals surface area contributed by atoms with Gasteiger partial charge in [0.05, 0.1) is 73.6 Å². The molecule has 0 spiro atoms. The Balaban J connectivity index is 1.36. The zero-order valence-corrected chi connectivity index (χ0v) is 69.8. The SMILES string of the molecule is NCCCCN(CC(=O)NC(CCS)C(=O)O)C(=O)CN(CCCCN)C(=O)CN(CCc1ccccc1)C(=O)CN(CCc1ccc(S(N)(=O)=O)cc1)C(=O)CN(CCc1ccccc1)C(=O)CN(CCCCN)C(=O)CN(CCc1ccc(S(N)(=O)=O)cc1)C(=O)CN(CCc1ccc(S(N)(=O)=O)cc1)C(=O)CNC1CCCCC1. The Morgan fingerprint density at radius 3 is 0.897 bits per heavy atom. The number of unbranched alkanes of at least 4 members (excludes halogenated alkanes) is 3. The van der Waals surface area contributed by atoms with E-state index in [0.29, 0.717) is 48.8 Å². The number of thiol groups is 1. The predicted molar refractivity (Wildman–Crippen MR) is 445 cm³/mol. The summed E-state index contributed by atoms with van der Waals surface area (Å²) in [6.07, 6.45) is 7.55. The summed E-state index contributed by atoms with van der Waals surface area (Å²) in [6.45, 7) is -5.11. The summed E-state index contributed by atoms with van der Waals surface area (Å²) in [5.41, 5.74) is 20.9. The van der Waals surface area contributed by atoms with Crippen LogP contribution in [0.4, 0.5) is 0 Å². The molecule has 33 nitrogen and oxygen atoms in total. The first kappa shape index (κ1) is 96.6. The Morgan fingerprint density at radius 2 is 0.632 bits per heavy atom. The lowest BCUT2D eigenvalue weighted by molar-refractivity contribution is -0.148. The first-order valence-corrected chi connectivity index (χ1v) is 44.7. The van der Waals surface area contributed by atoms with Gasteiger partial charge in [0.1, 0.15) is 6.04 Å². The van der Waals surface area contributed by atoms with E-state index in [-0.39, 0.29) is 150 Å². The van der Waals surface area contributed by atoms with Crippen molar-refractivity contribution in [2.24, 2.45) is 32.6 Å². The summed E-state index contributed by atoms with van der Waals surface area (Å²) >= 11 is 4.12. The molecule has 9 amide bonds. The van der Waals surface area contributed by atoms with E-state index in [0.717, 1.165) is 43.2 Å². The van der Waals surface area contributed by atoms with Crippen LogP contribution >= 0.6 is 12.6 Å². The van der Waals surface area contributed by atoms with Gasteiger partial charge in [-0.15, -0.1) is 0 Å². The highest BCUT2D eigenvalue weighted by atomic mass is 32.2.